The minimum atomic E-state index is -0.486. The lowest BCUT2D eigenvalue weighted by molar-refractivity contribution is -0.148. The lowest BCUT2D eigenvalue weighted by Crippen LogP contribution is -2.55. The van der Waals surface area contributed by atoms with E-state index >= 15 is 0 Å². The average molecular weight is 334 g/mol. The van der Waals surface area contributed by atoms with Gasteiger partial charge in [-0.1, -0.05) is 6.07 Å². The van der Waals surface area contributed by atoms with Gasteiger partial charge in [0, 0.05) is 19.6 Å². The van der Waals surface area contributed by atoms with Gasteiger partial charge in [-0.25, -0.2) is 0 Å². The van der Waals surface area contributed by atoms with E-state index in [4.69, 9.17) is 9.47 Å². The van der Waals surface area contributed by atoms with Crippen LogP contribution < -0.4 is 10.1 Å². The van der Waals surface area contributed by atoms with Gasteiger partial charge in [-0.2, -0.15) is 0 Å². The van der Waals surface area contributed by atoms with E-state index in [0.717, 1.165) is 22.4 Å². The highest BCUT2D eigenvalue weighted by molar-refractivity contribution is 5.87. The maximum absolute atomic E-state index is 12.2. The molecule has 6 nitrogen and oxygen atoms in total. The summed E-state index contributed by atoms with van der Waals surface area (Å²) in [7, 11) is 1.66. The average Bonchev–Trinajstić information content (AvgIpc) is 2.55. The predicted octanol–water partition coefficient (Wildman–Crippen LogP) is 1.57. The van der Waals surface area contributed by atoms with Crippen LogP contribution in [0.1, 0.15) is 30.0 Å². The molecular formula is C18H26N2O4. The van der Waals surface area contributed by atoms with E-state index in [1.54, 1.807) is 14.0 Å². The van der Waals surface area contributed by atoms with Crippen LogP contribution in [-0.2, 0) is 20.9 Å². The molecule has 0 aromatic heterocycles. The van der Waals surface area contributed by atoms with E-state index in [1.807, 2.05) is 24.0 Å². The van der Waals surface area contributed by atoms with Crippen molar-refractivity contribution in [2.75, 3.05) is 26.8 Å². The molecule has 1 aliphatic heterocycles. The first-order valence-electron chi connectivity index (χ1n) is 8.28. The molecule has 1 heterocycles. The molecule has 2 rings (SSSR count). The SMILES string of the molecule is CCOC(=O)C[C@H]1C(=O)NCCN1Cc1ccc(OC)c(C)c1C. The number of esters is 1. The second-order valence-electron chi connectivity index (χ2n) is 5.96. The Morgan fingerprint density at radius 3 is 2.75 bits per heavy atom. The maximum Gasteiger partial charge on any atom is 0.307 e. The summed E-state index contributed by atoms with van der Waals surface area (Å²) < 4.78 is 10.4. The molecule has 0 saturated carbocycles. The van der Waals surface area contributed by atoms with Gasteiger partial charge in [-0.05, 0) is 43.5 Å². The number of hydrogen-bond donors (Lipinski definition) is 1. The lowest BCUT2D eigenvalue weighted by atomic mass is 10.00. The Morgan fingerprint density at radius 2 is 2.08 bits per heavy atom. The summed E-state index contributed by atoms with van der Waals surface area (Å²) >= 11 is 0. The van der Waals surface area contributed by atoms with Gasteiger partial charge < -0.3 is 14.8 Å². The van der Waals surface area contributed by atoms with Crippen LogP contribution in [0.15, 0.2) is 12.1 Å². The zero-order valence-corrected chi connectivity index (χ0v) is 14.8. The molecule has 1 aliphatic rings. The van der Waals surface area contributed by atoms with Crippen LogP contribution in [0.5, 0.6) is 5.75 Å². The van der Waals surface area contributed by atoms with Crippen LogP contribution >= 0.6 is 0 Å². The van der Waals surface area contributed by atoms with Gasteiger partial charge in [0.25, 0.3) is 0 Å². The Labute approximate surface area is 143 Å². The molecule has 0 bridgehead atoms. The molecule has 6 heteroatoms. The molecule has 1 saturated heterocycles. The van der Waals surface area contributed by atoms with Crippen LogP contribution in [-0.4, -0.2) is 49.6 Å². The molecular weight excluding hydrogens is 308 g/mol. The third-order valence-electron chi connectivity index (χ3n) is 4.55. The van der Waals surface area contributed by atoms with Gasteiger partial charge in [0.05, 0.1) is 20.1 Å². The highest BCUT2D eigenvalue weighted by Gasteiger charge is 2.32. The van der Waals surface area contributed by atoms with Crippen molar-refractivity contribution in [1.29, 1.82) is 0 Å². The quantitative estimate of drug-likeness (QED) is 0.800. The molecule has 24 heavy (non-hydrogen) atoms. The first-order chi connectivity index (χ1) is 11.5. The van der Waals surface area contributed by atoms with Crippen molar-refractivity contribution in [2.45, 2.75) is 39.8 Å². The first-order valence-corrected chi connectivity index (χ1v) is 8.28. The van der Waals surface area contributed by atoms with Crippen LogP contribution in [0.2, 0.25) is 0 Å². The summed E-state index contributed by atoms with van der Waals surface area (Å²) in [6.45, 7) is 8.08. The molecule has 0 spiro atoms. The van der Waals surface area contributed by atoms with E-state index in [2.05, 4.69) is 12.2 Å². The Kier molecular flexibility index (Phi) is 6.20. The summed E-state index contributed by atoms with van der Waals surface area (Å²) in [5.41, 5.74) is 3.38. The number of nitrogens with zero attached hydrogens (tertiary/aromatic N) is 1. The summed E-state index contributed by atoms with van der Waals surface area (Å²) in [5, 5.41) is 2.83. The third-order valence-corrected chi connectivity index (χ3v) is 4.55. The van der Waals surface area contributed by atoms with Crippen LogP contribution in [0.4, 0.5) is 0 Å². The number of rotatable bonds is 6. The number of benzene rings is 1. The number of ether oxygens (including phenoxy) is 2. The van der Waals surface area contributed by atoms with Gasteiger partial charge >= 0.3 is 5.97 Å². The van der Waals surface area contributed by atoms with E-state index in [9.17, 15) is 9.59 Å². The van der Waals surface area contributed by atoms with Crippen LogP contribution in [0, 0.1) is 13.8 Å². The second-order valence-corrected chi connectivity index (χ2v) is 5.96. The number of nitrogens with one attached hydrogen (secondary N) is 1. The monoisotopic (exact) mass is 334 g/mol. The Hall–Kier alpha value is -2.08. The largest absolute Gasteiger partial charge is 0.496 e. The van der Waals surface area contributed by atoms with Crippen LogP contribution in [0.3, 0.4) is 0 Å². The predicted molar refractivity (Wildman–Crippen MR) is 90.9 cm³/mol. The van der Waals surface area contributed by atoms with Gasteiger partial charge in [0.1, 0.15) is 11.8 Å². The fourth-order valence-corrected chi connectivity index (χ4v) is 3.01. The molecule has 1 atom stereocenters. The topological polar surface area (TPSA) is 67.9 Å². The number of methoxy groups -OCH3 is 1. The van der Waals surface area contributed by atoms with E-state index in [1.165, 1.54) is 0 Å². The van der Waals surface area contributed by atoms with E-state index in [-0.39, 0.29) is 18.3 Å². The smallest absolute Gasteiger partial charge is 0.307 e. The minimum absolute atomic E-state index is 0.0772. The number of carbonyl (C=O) groups excluding carboxylic acids is 2. The lowest BCUT2D eigenvalue weighted by Gasteiger charge is -2.35. The van der Waals surface area contributed by atoms with Crippen molar-refractivity contribution in [2.24, 2.45) is 0 Å². The van der Waals surface area contributed by atoms with Gasteiger partial charge in [-0.15, -0.1) is 0 Å². The van der Waals surface area contributed by atoms with Crippen molar-refractivity contribution in [3.63, 3.8) is 0 Å². The van der Waals surface area contributed by atoms with Crippen molar-refractivity contribution in [3.05, 3.63) is 28.8 Å². The summed E-state index contributed by atoms with van der Waals surface area (Å²) in [4.78, 5) is 26.1. The van der Waals surface area contributed by atoms with Crippen molar-refractivity contribution >= 4 is 11.9 Å². The number of amides is 1. The molecule has 1 N–H and O–H groups in total. The molecule has 132 valence electrons. The summed E-state index contributed by atoms with van der Waals surface area (Å²) in [5.74, 6) is 0.403. The molecule has 1 amide bonds. The van der Waals surface area contributed by atoms with Gasteiger partial charge in [0.15, 0.2) is 0 Å². The standard InChI is InChI=1S/C18H26N2O4/c1-5-24-17(21)10-15-18(22)19-8-9-20(15)11-14-6-7-16(23-4)13(3)12(14)2/h6-7,15H,5,8-11H2,1-4H3,(H,19,22)/t15-/m0/s1. The van der Waals surface area contributed by atoms with E-state index < -0.39 is 6.04 Å². The maximum atomic E-state index is 12.2. The Bertz CT molecular complexity index is 615. The van der Waals surface area contributed by atoms with Crippen LogP contribution in [0.25, 0.3) is 0 Å². The molecule has 0 aliphatic carbocycles. The number of hydrogen-bond acceptors (Lipinski definition) is 5. The summed E-state index contributed by atoms with van der Waals surface area (Å²) in [6, 6.07) is 3.48. The Morgan fingerprint density at radius 1 is 1.33 bits per heavy atom. The normalized spacial score (nSPS) is 18.2. The second kappa shape index (κ2) is 8.15. The zero-order chi connectivity index (χ0) is 17.7. The molecule has 1 aromatic rings. The van der Waals surface area contributed by atoms with Crippen molar-refractivity contribution in [1.82, 2.24) is 10.2 Å². The van der Waals surface area contributed by atoms with Gasteiger partial charge in [0.2, 0.25) is 5.91 Å². The molecule has 1 fully saturated rings. The van der Waals surface area contributed by atoms with Crippen molar-refractivity contribution < 1.29 is 19.1 Å². The first kappa shape index (κ1) is 18.3. The highest BCUT2D eigenvalue weighted by Crippen LogP contribution is 2.26. The summed E-state index contributed by atoms with van der Waals surface area (Å²) in [6.07, 6.45) is 0.0772. The van der Waals surface area contributed by atoms with Crippen molar-refractivity contribution in [3.8, 4) is 5.75 Å². The highest BCUT2D eigenvalue weighted by atomic mass is 16.5. The van der Waals surface area contributed by atoms with Gasteiger partial charge in [-0.3, -0.25) is 14.5 Å². The fourth-order valence-electron chi connectivity index (χ4n) is 3.01. The molecule has 0 unspecified atom stereocenters. The minimum Gasteiger partial charge on any atom is -0.496 e. The molecule has 0 radical (unpaired) electrons. The fraction of sp³-hybridized carbons (Fsp3) is 0.556. The third kappa shape index (κ3) is 4.06. The zero-order valence-electron chi connectivity index (χ0n) is 14.8. The Balaban J connectivity index is 2.17. The molecule has 1 aromatic carbocycles. The van der Waals surface area contributed by atoms with E-state index in [0.29, 0.717) is 26.2 Å². The number of carbonyl (C=O) groups is 2. The number of piperazine rings is 1.